The van der Waals surface area contributed by atoms with E-state index in [1.807, 2.05) is 0 Å². The molecule has 0 unspecified atom stereocenters. The molecule has 0 aliphatic carbocycles. The van der Waals surface area contributed by atoms with Crippen LogP contribution in [0.3, 0.4) is 0 Å². The van der Waals surface area contributed by atoms with E-state index in [4.69, 9.17) is 16.3 Å². The van der Waals surface area contributed by atoms with E-state index in [-0.39, 0.29) is 16.4 Å². The fourth-order valence-corrected chi connectivity index (χ4v) is 1.63. The molecule has 1 aromatic rings. The van der Waals surface area contributed by atoms with E-state index in [1.54, 1.807) is 20.8 Å². The molecule has 0 N–H and O–H groups in total. The van der Waals surface area contributed by atoms with Crippen molar-refractivity contribution < 1.29 is 13.9 Å². The minimum absolute atomic E-state index is 0.153. The second-order valence-corrected chi connectivity index (χ2v) is 4.30. The predicted molar refractivity (Wildman–Crippen MR) is 61.4 cm³/mol. The number of halogens is 2. The van der Waals surface area contributed by atoms with Gasteiger partial charge in [-0.2, -0.15) is 0 Å². The van der Waals surface area contributed by atoms with Crippen molar-refractivity contribution in [3.05, 3.63) is 34.6 Å². The molecule has 0 atom stereocenters. The largest absolute Gasteiger partial charge is 0.368 e. The van der Waals surface area contributed by atoms with Crippen molar-refractivity contribution in [2.75, 3.05) is 6.61 Å². The Morgan fingerprint density at radius 2 is 2.12 bits per heavy atom. The highest BCUT2D eigenvalue weighted by Crippen LogP contribution is 2.24. The van der Waals surface area contributed by atoms with Gasteiger partial charge in [-0.05, 0) is 39.0 Å². The third-order valence-electron chi connectivity index (χ3n) is 2.23. The van der Waals surface area contributed by atoms with E-state index in [0.29, 0.717) is 6.61 Å². The molecule has 0 bridgehead atoms. The fourth-order valence-electron chi connectivity index (χ4n) is 1.42. The van der Waals surface area contributed by atoms with Gasteiger partial charge in [-0.3, -0.25) is 4.79 Å². The van der Waals surface area contributed by atoms with Gasteiger partial charge in [-0.25, -0.2) is 4.39 Å². The summed E-state index contributed by atoms with van der Waals surface area (Å²) in [7, 11) is 0. The van der Waals surface area contributed by atoms with Crippen molar-refractivity contribution in [3.8, 4) is 0 Å². The molecular weight excluding hydrogens is 231 g/mol. The third kappa shape index (κ3) is 2.80. The van der Waals surface area contributed by atoms with Crippen molar-refractivity contribution in [1.29, 1.82) is 0 Å². The highest BCUT2D eigenvalue weighted by Gasteiger charge is 2.30. The number of benzene rings is 1. The maximum Gasteiger partial charge on any atom is 0.195 e. The lowest BCUT2D eigenvalue weighted by Gasteiger charge is -2.23. The number of rotatable bonds is 4. The van der Waals surface area contributed by atoms with Gasteiger partial charge in [-0.15, -0.1) is 0 Å². The number of Topliss-reactive ketones (excluding diaryl/α,β-unsaturated/α-hetero) is 1. The Hall–Kier alpha value is -0.930. The van der Waals surface area contributed by atoms with Crippen LogP contribution in [0.15, 0.2) is 18.2 Å². The average Bonchev–Trinajstić information content (AvgIpc) is 2.20. The molecule has 4 heteroatoms. The number of carbonyl (C=O) groups is 1. The van der Waals surface area contributed by atoms with Gasteiger partial charge in [0, 0.05) is 12.2 Å². The first-order chi connectivity index (χ1) is 7.38. The first kappa shape index (κ1) is 13.1. The molecule has 0 fully saturated rings. The molecule has 0 saturated heterocycles. The van der Waals surface area contributed by atoms with Gasteiger partial charge in [0.15, 0.2) is 5.78 Å². The van der Waals surface area contributed by atoms with E-state index in [9.17, 15) is 9.18 Å². The van der Waals surface area contributed by atoms with Crippen LogP contribution >= 0.6 is 11.6 Å². The highest BCUT2D eigenvalue weighted by molar-refractivity contribution is 6.34. The van der Waals surface area contributed by atoms with Crippen LogP contribution in [0.2, 0.25) is 5.02 Å². The van der Waals surface area contributed by atoms with E-state index in [0.717, 1.165) is 6.07 Å². The van der Waals surface area contributed by atoms with Gasteiger partial charge in [-0.1, -0.05) is 11.6 Å². The molecule has 0 aromatic heterocycles. The minimum Gasteiger partial charge on any atom is -0.368 e. The van der Waals surface area contributed by atoms with Crippen LogP contribution in [0.1, 0.15) is 31.1 Å². The van der Waals surface area contributed by atoms with Crippen LogP contribution in [0.25, 0.3) is 0 Å². The van der Waals surface area contributed by atoms with E-state index in [1.165, 1.54) is 12.1 Å². The van der Waals surface area contributed by atoms with Crippen molar-refractivity contribution in [2.45, 2.75) is 26.4 Å². The molecule has 0 aliphatic heterocycles. The first-order valence-corrected chi connectivity index (χ1v) is 5.40. The smallest absolute Gasteiger partial charge is 0.195 e. The summed E-state index contributed by atoms with van der Waals surface area (Å²) in [4.78, 5) is 12.1. The number of ketones is 1. The molecule has 0 amide bonds. The second-order valence-electron chi connectivity index (χ2n) is 3.90. The Bertz CT molecular complexity index is 402. The summed E-state index contributed by atoms with van der Waals surface area (Å²) in [5.41, 5.74) is -0.841. The molecule has 1 rings (SSSR count). The van der Waals surface area contributed by atoms with E-state index >= 15 is 0 Å². The molecule has 0 saturated carbocycles. The Morgan fingerprint density at radius 3 is 2.69 bits per heavy atom. The van der Waals surface area contributed by atoms with E-state index in [2.05, 4.69) is 0 Å². The van der Waals surface area contributed by atoms with Crippen molar-refractivity contribution >= 4 is 17.4 Å². The Labute approximate surface area is 99.4 Å². The lowest BCUT2D eigenvalue weighted by atomic mass is 9.96. The van der Waals surface area contributed by atoms with Crippen LogP contribution in [0, 0.1) is 5.82 Å². The minimum atomic E-state index is -0.994. The quantitative estimate of drug-likeness (QED) is 0.758. The first-order valence-electron chi connectivity index (χ1n) is 5.02. The summed E-state index contributed by atoms with van der Waals surface area (Å²) >= 11 is 5.85. The normalized spacial score (nSPS) is 11.6. The zero-order chi connectivity index (χ0) is 12.3. The van der Waals surface area contributed by atoms with Gasteiger partial charge >= 0.3 is 0 Å². The molecule has 1 aromatic carbocycles. The average molecular weight is 245 g/mol. The van der Waals surface area contributed by atoms with E-state index < -0.39 is 11.4 Å². The fraction of sp³-hybridized carbons (Fsp3) is 0.417. The van der Waals surface area contributed by atoms with Crippen LogP contribution < -0.4 is 0 Å². The number of ether oxygens (including phenoxy) is 1. The summed E-state index contributed by atoms with van der Waals surface area (Å²) in [6.45, 7) is 5.48. The standard InChI is InChI=1S/C12H14ClFO2/c1-4-16-12(2,3)11(15)9-7-8(14)5-6-10(9)13/h5-7H,4H2,1-3H3. The van der Waals surface area contributed by atoms with Crippen LogP contribution in [0.4, 0.5) is 4.39 Å². The van der Waals surface area contributed by atoms with Gasteiger partial charge < -0.3 is 4.74 Å². The molecule has 2 nitrogen and oxygen atoms in total. The van der Waals surface area contributed by atoms with Crippen LogP contribution in [-0.4, -0.2) is 18.0 Å². The maximum absolute atomic E-state index is 13.0. The predicted octanol–water partition coefficient (Wildman–Crippen LogP) is 3.48. The van der Waals surface area contributed by atoms with Gasteiger partial charge in [0.25, 0.3) is 0 Å². The maximum atomic E-state index is 13.0. The Kier molecular flexibility index (Phi) is 4.05. The molecular formula is C12H14ClFO2. The van der Waals surface area contributed by atoms with Crippen LogP contribution in [-0.2, 0) is 4.74 Å². The summed E-state index contributed by atoms with van der Waals surface area (Å²) < 4.78 is 18.3. The Balaban J connectivity index is 3.09. The Morgan fingerprint density at radius 1 is 1.50 bits per heavy atom. The van der Waals surface area contributed by atoms with Gasteiger partial charge in [0.2, 0.25) is 0 Å². The van der Waals surface area contributed by atoms with Crippen molar-refractivity contribution in [2.24, 2.45) is 0 Å². The SMILES string of the molecule is CCOC(C)(C)C(=O)c1cc(F)ccc1Cl. The van der Waals surface area contributed by atoms with Crippen molar-refractivity contribution in [3.63, 3.8) is 0 Å². The van der Waals surface area contributed by atoms with Crippen molar-refractivity contribution in [1.82, 2.24) is 0 Å². The summed E-state index contributed by atoms with van der Waals surface area (Å²) in [6, 6.07) is 3.71. The third-order valence-corrected chi connectivity index (χ3v) is 2.55. The zero-order valence-corrected chi connectivity index (χ0v) is 10.3. The summed E-state index contributed by atoms with van der Waals surface area (Å²) in [5.74, 6) is -0.807. The molecule has 0 radical (unpaired) electrons. The van der Waals surface area contributed by atoms with Gasteiger partial charge in [0.1, 0.15) is 11.4 Å². The molecule has 16 heavy (non-hydrogen) atoms. The monoisotopic (exact) mass is 244 g/mol. The molecule has 0 heterocycles. The van der Waals surface area contributed by atoms with Gasteiger partial charge in [0.05, 0.1) is 5.02 Å². The number of carbonyl (C=O) groups excluding carboxylic acids is 1. The number of hydrogen-bond donors (Lipinski definition) is 0. The lowest BCUT2D eigenvalue weighted by molar-refractivity contribution is 0.00125. The summed E-state index contributed by atoms with van der Waals surface area (Å²) in [5, 5.41) is 0.235. The zero-order valence-electron chi connectivity index (χ0n) is 9.51. The topological polar surface area (TPSA) is 26.3 Å². The lowest BCUT2D eigenvalue weighted by Crippen LogP contribution is -2.35. The molecule has 0 spiro atoms. The molecule has 0 aliphatic rings. The van der Waals surface area contributed by atoms with Crippen LogP contribution in [0.5, 0.6) is 0 Å². The second kappa shape index (κ2) is 4.93. The molecule has 88 valence electrons. The number of hydrogen-bond acceptors (Lipinski definition) is 2. The highest BCUT2D eigenvalue weighted by atomic mass is 35.5. The summed E-state index contributed by atoms with van der Waals surface area (Å²) in [6.07, 6.45) is 0.